The average Bonchev–Trinajstić information content (AvgIpc) is 2.73. The first-order valence-electron chi connectivity index (χ1n) is 9.04. The predicted octanol–water partition coefficient (Wildman–Crippen LogP) is 0.628. The monoisotopic (exact) mass is 418 g/mol. The summed E-state index contributed by atoms with van der Waals surface area (Å²) in [6.45, 7) is 0. The highest BCUT2D eigenvalue weighted by atomic mass is 16.7. The molecule has 0 spiro atoms. The van der Waals surface area contributed by atoms with Crippen molar-refractivity contribution in [1.29, 1.82) is 0 Å². The maximum absolute atomic E-state index is 11.8. The number of phenolic OH excluding ortho intramolecular Hbond substituents is 2. The van der Waals surface area contributed by atoms with Gasteiger partial charge >= 0.3 is 5.97 Å². The first kappa shape index (κ1) is 21.6. The Labute approximate surface area is 172 Å². The third-order valence-electron chi connectivity index (χ3n) is 4.53. The van der Waals surface area contributed by atoms with Crippen LogP contribution in [-0.4, -0.2) is 69.3 Å². The molecule has 0 aliphatic carbocycles. The highest BCUT2D eigenvalue weighted by Crippen LogP contribution is 2.28. The minimum Gasteiger partial charge on any atom is -0.508 e. The molecule has 9 heteroatoms. The summed E-state index contributed by atoms with van der Waals surface area (Å²) in [5.74, 6) is -0.829. The molecule has 1 aliphatic rings. The fourth-order valence-electron chi connectivity index (χ4n) is 2.94. The highest BCUT2D eigenvalue weighted by Gasteiger charge is 2.48. The van der Waals surface area contributed by atoms with Crippen molar-refractivity contribution in [3.8, 4) is 17.2 Å². The Morgan fingerprint density at radius 1 is 0.900 bits per heavy atom. The number of benzene rings is 2. The molecule has 2 aromatic rings. The van der Waals surface area contributed by atoms with Crippen LogP contribution in [-0.2, 0) is 14.3 Å². The van der Waals surface area contributed by atoms with Crippen molar-refractivity contribution < 1.29 is 44.5 Å². The number of rotatable bonds is 5. The van der Waals surface area contributed by atoms with Gasteiger partial charge in [0, 0.05) is 6.07 Å². The van der Waals surface area contributed by atoms with Gasteiger partial charge < -0.3 is 39.7 Å². The topological polar surface area (TPSA) is 146 Å². The molecule has 0 radical (unpaired) electrons. The highest BCUT2D eigenvalue weighted by molar-refractivity contribution is 5.75. The van der Waals surface area contributed by atoms with Crippen molar-refractivity contribution in [3.63, 3.8) is 0 Å². The van der Waals surface area contributed by atoms with Crippen LogP contribution < -0.4 is 4.74 Å². The number of aliphatic hydroxyl groups is 3. The number of esters is 1. The normalized spacial score (nSPS) is 26.5. The van der Waals surface area contributed by atoms with Gasteiger partial charge in [-0.2, -0.15) is 0 Å². The minimum atomic E-state index is -1.71. The predicted molar refractivity (Wildman–Crippen MR) is 104 cm³/mol. The van der Waals surface area contributed by atoms with Gasteiger partial charge in [0.05, 0.1) is 7.11 Å². The number of carbonyl (C=O) groups excluding carboxylic acids is 1. The Hall–Kier alpha value is -3.11. The fraction of sp³-hybridized carbons (Fsp3) is 0.286. The lowest BCUT2D eigenvalue weighted by molar-refractivity contribution is -0.271. The van der Waals surface area contributed by atoms with E-state index < -0.39 is 36.7 Å². The molecule has 5 N–H and O–H groups in total. The fourth-order valence-corrected chi connectivity index (χ4v) is 2.94. The van der Waals surface area contributed by atoms with E-state index in [1.165, 1.54) is 30.3 Å². The van der Waals surface area contributed by atoms with Crippen LogP contribution in [0.3, 0.4) is 0 Å². The molecule has 30 heavy (non-hydrogen) atoms. The molecular weight excluding hydrogens is 396 g/mol. The molecule has 1 fully saturated rings. The summed E-state index contributed by atoms with van der Waals surface area (Å²) < 4.78 is 15.3. The van der Waals surface area contributed by atoms with Crippen molar-refractivity contribution in [2.45, 2.75) is 30.7 Å². The van der Waals surface area contributed by atoms with Gasteiger partial charge in [0.25, 0.3) is 0 Å². The smallest absolute Gasteiger partial charge is 0.337 e. The van der Waals surface area contributed by atoms with E-state index in [1.807, 2.05) is 0 Å². The van der Waals surface area contributed by atoms with E-state index in [9.17, 15) is 30.3 Å². The van der Waals surface area contributed by atoms with E-state index in [-0.39, 0.29) is 17.2 Å². The number of methoxy groups -OCH3 is 1. The lowest BCUT2D eigenvalue weighted by Gasteiger charge is -2.38. The Bertz CT molecular complexity index is 909. The molecule has 1 aliphatic heterocycles. The van der Waals surface area contributed by atoms with Gasteiger partial charge in [-0.25, -0.2) is 4.79 Å². The Balaban J connectivity index is 1.78. The molecule has 1 heterocycles. The van der Waals surface area contributed by atoms with Gasteiger partial charge in [-0.15, -0.1) is 0 Å². The zero-order chi connectivity index (χ0) is 21.8. The molecule has 2 aromatic carbocycles. The number of aromatic hydroxyl groups is 2. The number of carbonyl (C=O) groups is 1. The van der Waals surface area contributed by atoms with E-state index in [0.29, 0.717) is 5.56 Å². The molecule has 3 rings (SSSR count). The maximum Gasteiger partial charge on any atom is 0.337 e. The van der Waals surface area contributed by atoms with Crippen LogP contribution in [0, 0.1) is 0 Å². The van der Waals surface area contributed by atoms with E-state index in [0.717, 1.165) is 12.7 Å². The molecule has 160 valence electrons. The zero-order valence-electron chi connectivity index (χ0n) is 16.0. The lowest BCUT2D eigenvalue weighted by Crippen LogP contribution is -2.61. The van der Waals surface area contributed by atoms with Crippen molar-refractivity contribution in [1.82, 2.24) is 0 Å². The molecule has 5 atom stereocenters. The first-order valence-corrected chi connectivity index (χ1v) is 9.04. The zero-order valence-corrected chi connectivity index (χ0v) is 16.0. The van der Waals surface area contributed by atoms with E-state index in [1.54, 1.807) is 24.3 Å². The largest absolute Gasteiger partial charge is 0.508 e. The molecular formula is C21H22O9. The summed E-state index contributed by atoms with van der Waals surface area (Å²) in [5.41, 5.74) is 1.36. The molecule has 0 bridgehead atoms. The van der Waals surface area contributed by atoms with Crippen LogP contribution in [0.2, 0.25) is 0 Å². The van der Waals surface area contributed by atoms with Crippen molar-refractivity contribution in [2.75, 3.05) is 7.11 Å². The van der Waals surface area contributed by atoms with Crippen LogP contribution in [0.1, 0.15) is 11.1 Å². The summed E-state index contributed by atoms with van der Waals surface area (Å²) in [7, 11) is 1.09. The number of ether oxygens (including phenoxy) is 3. The van der Waals surface area contributed by atoms with Crippen LogP contribution >= 0.6 is 0 Å². The summed E-state index contributed by atoms with van der Waals surface area (Å²) >= 11 is 0. The molecule has 9 nitrogen and oxygen atoms in total. The van der Waals surface area contributed by atoms with Crippen LogP contribution in [0.4, 0.5) is 0 Å². The first-order chi connectivity index (χ1) is 14.3. The Morgan fingerprint density at radius 2 is 1.57 bits per heavy atom. The Kier molecular flexibility index (Phi) is 6.58. The quantitative estimate of drug-likeness (QED) is 0.348. The molecule has 1 unspecified atom stereocenters. The van der Waals surface area contributed by atoms with Crippen molar-refractivity contribution >= 4 is 18.1 Å². The van der Waals surface area contributed by atoms with E-state index in [2.05, 4.69) is 4.74 Å². The van der Waals surface area contributed by atoms with Gasteiger partial charge in [0.2, 0.25) is 6.29 Å². The molecule has 0 aromatic heterocycles. The summed E-state index contributed by atoms with van der Waals surface area (Å²) in [5, 5.41) is 49.4. The number of aliphatic hydroxyl groups excluding tert-OH is 3. The van der Waals surface area contributed by atoms with Crippen LogP contribution in [0.15, 0.2) is 42.5 Å². The third-order valence-corrected chi connectivity index (χ3v) is 4.53. The lowest BCUT2D eigenvalue weighted by atomic mass is 9.99. The standard InChI is InChI=1S/C21H22O9/c1-28-20(27)19-17(25)16(24)18(26)21(30-19)29-15-9-12(8-14(23)10-15)3-2-11-4-6-13(22)7-5-11/h2-10,16-19,21-26H,1H3/b3-2+/t16-,17-,18+,19-,21?/m0/s1. The SMILES string of the molecule is COC(=O)[C@H]1OC(Oc2cc(O)cc(/C=C/c3ccc(O)cc3)c2)[C@H](O)[C@@H](O)[C@@H]1O. The average molecular weight is 418 g/mol. The van der Waals surface area contributed by atoms with Gasteiger partial charge in [0.15, 0.2) is 6.10 Å². The van der Waals surface area contributed by atoms with Crippen molar-refractivity contribution in [3.05, 3.63) is 53.6 Å². The number of phenols is 2. The number of hydrogen-bond donors (Lipinski definition) is 5. The van der Waals surface area contributed by atoms with Gasteiger partial charge in [-0.05, 0) is 35.4 Å². The van der Waals surface area contributed by atoms with Crippen LogP contribution in [0.25, 0.3) is 12.2 Å². The van der Waals surface area contributed by atoms with Crippen LogP contribution in [0.5, 0.6) is 17.2 Å². The summed E-state index contributed by atoms with van der Waals surface area (Å²) in [4.78, 5) is 11.8. The summed E-state index contributed by atoms with van der Waals surface area (Å²) in [6, 6.07) is 10.8. The second kappa shape index (κ2) is 9.14. The van der Waals surface area contributed by atoms with Gasteiger partial charge in [-0.1, -0.05) is 24.3 Å². The van der Waals surface area contributed by atoms with E-state index >= 15 is 0 Å². The third kappa shape index (κ3) is 4.89. The maximum atomic E-state index is 11.8. The second-order valence-corrected chi connectivity index (χ2v) is 6.72. The Morgan fingerprint density at radius 3 is 2.23 bits per heavy atom. The van der Waals surface area contributed by atoms with Gasteiger partial charge in [-0.3, -0.25) is 0 Å². The molecule has 1 saturated heterocycles. The minimum absolute atomic E-state index is 0.0941. The van der Waals surface area contributed by atoms with Crippen molar-refractivity contribution in [2.24, 2.45) is 0 Å². The summed E-state index contributed by atoms with van der Waals surface area (Å²) in [6.07, 6.45) is -4.67. The molecule has 0 amide bonds. The molecule has 0 saturated carbocycles. The second-order valence-electron chi connectivity index (χ2n) is 6.72. The van der Waals surface area contributed by atoms with E-state index in [4.69, 9.17) is 9.47 Å². The number of hydrogen-bond acceptors (Lipinski definition) is 9. The van der Waals surface area contributed by atoms with Gasteiger partial charge in [0.1, 0.15) is 35.6 Å².